The monoisotopic (exact) mass is 273 g/mol. The summed E-state index contributed by atoms with van der Waals surface area (Å²) in [5, 5.41) is 3.54. The Morgan fingerprint density at radius 3 is 3.00 bits per heavy atom. The summed E-state index contributed by atoms with van der Waals surface area (Å²) in [6.07, 6.45) is 3.42. The van der Waals surface area contributed by atoms with Crippen LogP contribution in [0.1, 0.15) is 24.6 Å². The van der Waals surface area contributed by atoms with Gasteiger partial charge in [0.15, 0.2) is 0 Å². The highest BCUT2D eigenvalue weighted by Gasteiger charge is 2.35. The highest BCUT2D eigenvalue weighted by atomic mass is 35.5. The van der Waals surface area contributed by atoms with Crippen LogP contribution in [0.25, 0.3) is 0 Å². The molecule has 0 aromatic carbocycles. The van der Waals surface area contributed by atoms with Crippen LogP contribution in [0.5, 0.6) is 0 Å². The maximum atomic E-state index is 5.99. The Morgan fingerprint density at radius 2 is 2.41 bits per heavy atom. The first-order valence-electron chi connectivity index (χ1n) is 6.27. The zero-order chi connectivity index (χ0) is 12.1. The molecule has 2 nitrogen and oxygen atoms in total. The van der Waals surface area contributed by atoms with Crippen LogP contribution in [-0.4, -0.2) is 26.3 Å². The molecule has 2 heterocycles. The van der Waals surface area contributed by atoms with Gasteiger partial charge in [-0.15, -0.1) is 11.3 Å². The SMILES string of the molecule is CCCNCC1(Cc2ccc(Cl)s2)CCOC1. The molecule has 1 aliphatic heterocycles. The predicted molar refractivity (Wildman–Crippen MR) is 74.1 cm³/mol. The smallest absolute Gasteiger partial charge is 0.0931 e. The Morgan fingerprint density at radius 1 is 1.53 bits per heavy atom. The maximum Gasteiger partial charge on any atom is 0.0931 e. The van der Waals surface area contributed by atoms with Crippen molar-refractivity contribution in [2.75, 3.05) is 26.3 Å². The average Bonchev–Trinajstić information content (AvgIpc) is 2.90. The molecule has 0 spiro atoms. The van der Waals surface area contributed by atoms with Crippen LogP contribution >= 0.6 is 22.9 Å². The summed E-state index contributed by atoms with van der Waals surface area (Å²) in [6, 6.07) is 4.14. The van der Waals surface area contributed by atoms with Gasteiger partial charge in [0, 0.05) is 23.4 Å². The molecule has 0 saturated carbocycles. The molecule has 96 valence electrons. The largest absolute Gasteiger partial charge is 0.381 e. The van der Waals surface area contributed by atoms with Gasteiger partial charge < -0.3 is 10.1 Å². The molecule has 0 radical (unpaired) electrons. The van der Waals surface area contributed by atoms with Crippen molar-refractivity contribution in [3.63, 3.8) is 0 Å². The second-order valence-electron chi connectivity index (χ2n) is 4.86. The normalized spacial score (nSPS) is 24.4. The molecule has 1 fully saturated rings. The minimum absolute atomic E-state index is 0.281. The van der Waals surface area contributed by atoms with Gasteiger partial charge >= 0.3 is 0 Å². The van der Waals surface area contributed by atoms with Gasteiger partial charge in [-0.25, -0.2) is 0 Å². The summed E-state index contributed by atoms with van der Waals surface area (Å²) in [6.45, 7) is 6.11. The molecule has 4 heteroatoms. The second-order valence-corrected chi connectivity index (χ2v) is 6.66. The minimum Gasteiger partial charge on any atom is -0.381 e. The molecule has 17 heavy (non-hydrogen) atoms. The van der Waals surface area contributed by atoms with Crippen LogP contribution in [0.3, 0.4) is 0 Å². The van der Waals surface area contributed by atoms with Crippen molar-refractivity contribution >= 4 is 22.9 Å². The second kappa shape index (κ2) is 6.19. The molecule has 2 rings (SSSR count). The molecule has 1 aliphatic rings. The molecule has 0 bridgehead atoms. The topological polar surface area (TPSA) is 21.3 Å². The number of halogens is 1. The molecule has 1 atom stereocenters. The Hall–Kier alpha value is -0.0900. The maximum absolute atomic E-state index is 5.99. The number of ether oxygens (including phenoxy) is 1. The van der Waals surface area contributed by atoms with E-state index in [4.69, 9.17) is 16.3 Å². The number of nitrogens with one attached hydrogen (secondary N) is 1. The summed E-state index contributed by atoms with van der Waals surface area (Å²) >= 11 is 7.68. The van der Waals surface area contributed by atoms with Crippen LogP contribution in [-0.2, 0) is 11.2 Å². The van der Waals surface area contributed by atoms with E-state index in [2.05, 4.69) is 18.3 Å². The van der Waals surface area contributed by atoms with E-state index in [1.807, 2.05) is 6.07 Å². The molecular formula is C13H20ClNOS. The van der Waals surface area contributed by atoms with Crippen LogP contribution in [0.4, 0.5) is 0 Å². The molecule has 1 unspecified atom stereocenters. The first kappa shape index (κ1) is 13.3. The van der Waals surface area contributed by atoms with E-state index in [1.165, 1.54) is 11.3 Å². The number of hydrogen-bond donors (Lipinski definition) is 1. The van der Waals surface area contributed by atoms with Crippen molar-refractivity contribution in [1.29, 1.82) is 0 Å². The molecular weight excluding hydrogens is 254 g/mol. The first-order valence-corrected chi connectivity index (χ1v) is 7.46. The van der Waals surface area contributed by atoms with E-state index in [0.717, 1.165) is 43.5 Å². The molecule has 1 aromatic rings. The molecule has 1 aromatic heterocycles. The van der Waals surface area contributed by atoms with E-state index in [9.17, 15) is 0 Å². The van der Waals surface area contributed by atoms with Crippen molar-refractivity contribution in [3.05, 3.63) is 21.3 Å². The van der Waals surface area contributed by atoms with Gasteiger partial charge in [0.2, 0.25) is 0 Å². The lowest BCUT2D eigenvalue weighted by molar-refractivity contribution is 0.150. The number of thiophene rings is 1. The summed E-state index contributed by atoms with van der Waals surface area (Å²) in [7, 11) is 0. The Balaban J connectivity index is 1.96. The van der Waals surface area contributed by atoms with Gasteiger partial charge in [0.1, 0.15) is 0 Å². The Kier molecular flexibility index (Phi) is 4.86. The summed E-state index contributed by atoms with van der Waals surface area (Å²) in [5.74, 6) is 0. The van der Waals surface area contributed by atoms with E-state index in [1.54, 1.807) is 11.3 Å². The van der Waals surface area contributed by atoms with E-state index in [-0.39, 0.29) is 5.41 Å². The summed E-state index contributed by atoms with van der Waals surface area (Å²) in [5.41, 5.74) is 0.281. The van der Waals surface area contributed by atoms with Crippen LogP contribution in [0, 0.1) is 5.41 Å². The van der Waals surface area contributed by atoms with Gasteiger partial charge in [-0.1, -0.05) is 18.5 Å². The van der Waals surface area contributed by atoms with Crippen molar-refractivity contribution in [1.82, 2.24) is 5.32 Å². The highest BCUT2D eigenvalue weighted by Crippen LogP contribution is 2.35. The third kappa shape index (κ3) is 3.68. The fourth-order valence-corrected chi connectivity index (χ4v) is 3.60. The summed E-state index contributed by atoms with van der Waals surface area (Å²) in [4.78, 5) is 1.37. The zero-order valence-corrected chi connectivity index (χ0v) is 11.9. The first-order chi connectivity index (χ1) is 8.24. The Labute approximate surface area is 112 Å². The zero-order valence-electron chi connectivity index (χ0n) is 10.3. The molecule has 1 N–H and O–H groups in total. The minimum atomic E-state index is 0.281. The average molecular weight is 274 g/mol. The molecule has 0 aliphatic carbocycles. The Bertz CT molecular complexity index is 347. The lowest BCUT2D eigenvalue weighted by atomic mass is 9.83. The van der Waals surface area contributed by atoms with Crippen LogP contribution in [0.2, 0.25) is 4.34 Å². The van der Waals surface area contributed by atoms with E-state index in [0.29, 0.717) is 0 Å². The van der Waals surface area contributed by atoms with Crippen molar-refractivity contribution in [3.8, 4) is 0 Å². The van der Waals surface area contributed by atoms with Gasteiger partial charge in [-0.3, -0.25) is 0 Å². The van der Waals surface area contributed by atoms with Crippen LogP contribution in [0.15, 0.2) is 12.1 Å². The lowest BCUT2D eigenvalue weighted by Gasteiger charge is -2.27. The van der Waals surface area contributed by atoms with Gasteiger partial charge in [0.05, 0.1) is 10.9 Å². The van der Waals surface area contributed by atoms with Crippen molar-refractivity contribution in [2.24, 2.45) is 5.41 Å². The molecule has 0 amide bonds. The third-order valence-electron chi connectivity index (χ3n) is 3.29. The van der Waals surface area contributed by atoms with E-state index < -0.39 is 0 Å². The van der Waals surface area contributed by atoms with Gasteiger partial charge in [-0.2, -0.15) is 0 Å². The predicted octanol–water partition coefficient (Wildman–Crippen LogP) is 3.35. The van der Waals surface area contributed by atoms with Crippen molar-refractivity contribution in [2.45, 2.75) is 26.2 Å². The van der Waals surface area contributed by atoms with E-state index >= 15 is 0 Å². The summed E-state index contributed by atoms with van der Waals surface area (Å²) < 4.78 is 6.49. The fraction of sp³-hybridized carbons (Fsp3) is 0.692. The van der Waals surface area contributed by atoms with Crippen LogP contribution < -0.4 is 5.32 Å². The van der Waals surface area contributed by atoms with Crippen molar-refractivity contribution < 1.29 is 4.74 Å². The van der Waals surface area contributed by atoms with Gasteiger partial charge in [0.25, 0.3) is 0 Å². The fourth-order valence-electron chi connectivity index (χ4n) is 2.34. The highest BCUT2D eigenvalue weighted by molar-refractivity contribution is 7.16. The quantitative estimate of drug-likeness (QED) is 0.803. The third-order valence-corrected chi connectivity index (χ3v) is 4.52. The molecule has 1 saturated heterocycles. The lowest BCUT2D eigenvalue weighted by Crippen LogP contribution is -2.36. The van der Waals surface area contributed by atoms with Gasteiger partial charge in [-0.05, 0) is 37.9 Å². The standard InChI is InChI=1S/C13H20ClNOS/c1-2-6-15-9-13(5-7-16-10-13)8-11-3-4-12(14)17-11/h3-4,15H,2,5-10H2,1H3. The number of hydrogen-bond acceptors (Lipinski definition) is 3. The number of rotatable bonds is 6.